The molecule has 4 N–H and O–H groups in total. The van der Waals surface area contributed by atoms with Crippen LogP contribution in [-0.2, 0) is 0 Å². The predicted octanol–water partition coefficient (Wildman–Crippen LogP) is 2.72. The van der Waals surface area contributed by atoms with Gasteiger partial charge >= 0.3 is 0 Å². The number of piperidine rings is 2. The van der Waals surface area contributed by atoms with E-state index in [0.717, 1.165) is 49.2 Å². The van der Waals surface area contributed by atoms with Crippen molar-refractivity contribution in [3.8, 4) is 0 Å². The van der Waals surface area contributed by atoms with Crippen molar-refractivity contribution in [2.24, 2.45) is 0 Å². The molecule has 0 spiro atoms. The zero-order chi connectivity index (χ0) is 19.9. The number of nitrogens with zero attached hydrogens (tertiary/aromatic N) is 6. The summed E-state index contributed by atoms with van der Waals surface area (Å²) in [5.74, 6) is 2.72. The SMILES string of the molecule is Cc1cc(N2CCCCC2)nc(N)n1.Cc1cc(N2CCCCC2)nc(N)n1. The molecule has 2 fully saturated rings. The molecule has 4 rings (SSSR count). The van der Waals surface area contributed by atoms with Crippen LogP contribution >= 0.6 is 0 Å². The van der Waals surface area contributed by atoms with Crippen LogP contribution in [0.25, 0.3) is 0 Å². The molecule has 0 atom stereocenters. The Labute approximate surface area is 167 Å². The van der Waals surface area contributed by atoms with E-state index in [0.29, 0.717) is 11.9 Å². The predicted molar refractivity (Wildman–Crippen MR) is 114 cm³/mol. The van der Waals surface area contributed by atoms with Crippen LogP contribution in [0.15, 0.2) is 12.1 Å². The minimum Gasteiger partial charge on any atom is -0.368 e. The van der Waals surface area contributed by atoms with Crippen LogP contribution in [0.5, 0.6) is 0 Å². The molecule has 8 nitrogen and oxygen atoms in total. The molecule has 0 aromatic carbocycles. The number of aromatic nitrogens is 4. The van der Waals surface area contributed by atoms with Gasteiger partial charge < -0.3 is 21.3 Å². The zero-order valence-electron chi connectivity index (χ0n) is 17.1. The molecule has 0 aliphatic carbocycles. The first kappa shape index (κ1) is 20.1. The summed E-state index contributed by atoms with van der Waals surface area (Å²) in [6, 6.07) is 4.00. The highest BCUT2D eigenvalue weighted by Crippen LogP contribution is 2.19. The van der Waals surface area contributed by atoms with E-state index in [1.807, 2.05) is 26.0 Å². The van der Waals surface area contributed by atoms with E-state index in [2.05, 4.69) is 29.7 Å². The van der Waals surface area contributed by atoms with Gasteiger partial charge in [0.2, 0.25) is 11.9 Å². The van der Waals surface area contributed by atoms with Crippen molar-refractivity contribution in [3.05, 3.63) is 23.5 Å². The molecule has 28 heavy (non-hydrogen) atoms. The minimum absolute atomic E-state index is 0.380. The van der Waals surface area contributed by atoms with Crippen molar-refractivity contribution < 1.29 is 0 Å². The van der Waals surface area contributed by atoms with Crippen molar-refractivity contribution in [1.29, 1.82) is 0 Å². The fourth-order valence-corrected chi connectivity index (χ4v) is 3.72. The van der Waals surface area contributed by atoms with Crippen molar-refractivity contribution in [2.45, 2.75) is 52.4 Å². The second-order valence-electron chi connectivity index (χ2n) is 7.55. The van der Waals surface area contributed by atoms with Crippen LogP contribution in [0.2, 0.25) is 0 Å². The summed E-state index contributed by atoms with van der Waals surface area (Å²) in [6.45, 7) is 8.27. The molecule has 0 unspecified atom stereocenters. The number of rotatable bonds is 2. The molecular weight excluding hydrogens is 352 g/mol. The second kappa shape index (κ2) is 9.52. The average Bonchev–Trinajstić information content (AvgIpc) is 2.68. The Kier molecular flexibility index (Phi) is 6.84. The van der Waals surface area contributed by atoms with Gasteiger partial charge in [-0.05, 0) is 52.4 Å². The third-order valence-electron chi connectivity index (χ3n) is 5.08. The Morgan fingerprint density at radius 3 is 1.29 bits per heavy atom. The Hall–Kier alpha value is -2.64. The maximum atomic E-state index is 5.62. The van der Waals surface area contributed by atoms with Gasteiger partial charge in [0.15, 0.2) is 0 Å². The molecule has 4 heterocycles. The Morgan fingerprint density at radius 1 is 0.607 bits per heavy atom. The van der Waals surface area contributed by atoms with Crippen LogP contribution in [0, 0.1) is 13.8 Å². The second-order valence-corrected chi connectivity index (χ2v) is 7.55. The van der Waals surface area contributed by atoms with E-state index in [9.17, 15) is 0 Å². The summed E-state index contributed by atoms with van der Waals surface area (Å²) in [5.41, 5.74) is 13.1. The number of anilines is 4. The first-order valence-electron chi connectivity index (χ1n) is 10.2. The van der Waals surface area contributed by atoms with Crippen molar-refractivity contribution >= 4 is 23.5 Å². The first-order valence-corrected chi connectivity index (χ1v) is 10.2. The summed E-state index contributed by atoms with van der Waals surface area (Å²) in [6.07, 6.45) is 7.67. The standard InChI is InChI=1S/2C10H16N4/c2*1-8-7-9(13-10(11)12-8)14-5-3-2-4-6-14/h2*7H,2-6H2,1H3,(H2,11,12,13). The van der Waals surface area contributed by atoms with E-state index in [1.165, 1.54) is 38.5 Å². The Balaban J connectivity index is 0.000000161. The van der Waals surface area contributed by atoms with Gasteiger partial charge in [-0.15, -0.1) is 0 Å². The smallest absolute Gasteiger partial charge is 0.222 e. The zero-order valence-corrected chi connectivity index (χ0v) is 17.1. The number of aryl methyl sites for hydroxylation is 2. The fourth-order valence-electron chi connectivity index (χ4n) is 3.72. The van der Waals surface area contributed by atoms with Crippen molar-refractivity contribution in [3.63, 3.8) is 0 Å². The average molecular weight is 385 g/mol. The highest BCUT2D eigenvalue weighted by atomic mass is 15.2. The van der Waals surface area contributed by atoms with Crippen LogP contribution < -0.4 is 21.3 Å². The first-order chi connectivity index (χ1) is 13.5. The maximum absolute atomic E-state index is 5.62. The fraction of sp³-hybridized carbons (Fsp3) is 0.600. The monoisotopic (exact) mass is 384 g/mol. The molecule has 2 aromatic heterocycles. The minimum atomic E-state index is 0.380. The lowest BCUT2D eigenvalue weighted by atomic mass is 10.1. The summed E-state index contributed by atoms with van der Waals surface area (Å²) in [5, 5.41) is 0. The largest absolute Gasteiger partial charge is 0.368 e. The summed E-state index contributed by atoms with van der Waals surface area (Å²) in [4.78, 5) is 21.2. The van der Waals surface area contributed by atoms with Gasteiger partial charge in [-0.3, -0.25) is 0 Å². The Bertz CT molecular complexity index is 661. The summed E-state index contributed by atoms with van der Waals surface area (Å²) < 4.78 is 0. The third-order valence-corrected chi connectivity index (χ3v) is 5.08. The van der Waals surface area contributed by atoms with E-state index in [1.54, 1.807) is 0 Å². The summed E-state index contributed by atoms with van der Waals surface area (Å²) in [7, 11) is 0. The van der Waals surface area contributed by atoms with Crippen LogP contribution in [0.4, 0.5) is 23.5 Å². The molecule has 2 aromatic rings. The van der Waals surface area contributed by atoms with E-state index < -0.39 is 0 Å². The normalized spacial score (nSPS) is 17.1. The number of nitrogen functional groups attached to an aromatic ring is 2. The highest BCUT2D eigenvalue weighted by molar-refractivity contribution is 5.44. The topological polar surface area (TPSA) is 110 Å². The van der Waals surface area contributed by atoms with Gasteiger partial charge in [-0.25, -0.2) is 9.97 Å². The van der Waals surface area contributed by atoms with E-state index in [4.69, 9.17) is 11.5 Å². The molecule has 0 bridgehead atoms. The molecular formula is C20H32N8. The van der Waals surface area contributed by atoms with Gasteiger partial charge in [0.1, 0.15) is 11.6 Å². The van der Waals surface area contributed by atoms with Gasteiger partial charge in [0, 0.05) is 49.7 Å². The lowest BCUT2D eigenvalue weighted by Gasteiger charge is -2.27. The number of nitrogens with two attached hydrogens (primary N) is 2. The van der Waals surface area contributed by atoms with E-state index in [-0.39, 0.29) is 0 Å². The molecule has 8 heteroatoms. The van der Waals surface area contributed by atoms with Gasteiger partial charge in [0.05, 0.1) is 0 Å². The van der Waals surface area contributed by atoms with Crippen molar-refractivity contribution in [1.82, 2.24) is 19.9 Å². The molecule has 0 saturated carbocycles. The molecule has 152 valence electrons. The van der Waals surface area contributed by atoms with Crippen LogP contribution in [0.3, 0.4) is 0 Å². The highest BCUT2D eigenvalue weighted by Gasteiger charge is 2.13. The molecule has 2 aliphatic rings. The quantitative estimate of drug-likeness (QED) is 0.813. The Morgan fingerprint density at radius 2 is 0.964 bits per heavy atom. The van der Waals surface area contributed by atoms with Crippen LogP contribution in [0.1, 0.15) is 49.9 Å². The molecule has 0 radical (unpaired) electrons. The molecule has 0 amide bonds. The molecule has 2 saturated heterocycles. The number of hydrogen-bond acceptors (Lipinski definition) is 8. The lowest BCUT2D eigenvalue weighted by molar-refractivity contribution is 0.573. The van der Waals surface area contributed by atoms with Crippen molar-refractivity contribution in [2.75, 3.05) is 47.4 Å². The summed E-state index contributed by atoms with van der Waals surface area (Å²) >= 11 is 0. The van der Waals surface area contributed by atoms with Gasteiger partial charge in [-0.2, -0.15) is 9.97 Å². The third kappa shape index (κ3) is 5.68. The number of hydrogen-bond donors (Lipinski definition) is 2. The van der Waals surface area contributed by atoms with Gasteiger partial charge in [0.25, 0.3) is 0 Å². The lowest BCUT2D eigenvalue weighted by Crippen LogP contribution is -2.30. The van der Waals surface area contributed by atoms with Crippen LogP contribution in [-0.4, -0.2) is 46.1 Å². The van der Waals surface area contributed by atoms with E-state index >= 15 is 0 Å². The molecule has 2 aliphatic heterocycles. The maximum Gasteiger partial charge on any atom is 0.222 e. The van der Waals surface area contributed by atoms with Gasteiger partial charge in [-0.1, -0.05) is 0 Å².